The number of aliphatic hydroxyl groups excluding tert-OH is 1. The molecule has 1 saturated carbocycles. The number of piperidine rings is 1. The fourth-order valence-corrected chi connectivity index (χ4v) is 3.23. The van der Waals surface area contributed by atoms with Crippen LogP contribution in [-0.2, 0) is 13.6 Å². The summed E-state index contributed by atoms with van der Waals surface area (Å²) in [5, 5.41) is 17.6. The second-order valence-corrected chi connectivity index (χ2v) is 6.30. The fraction of sp³-hybridized carbons (Fsp3) is 0.800. The lowest BCUT2D eigenvalue weighted by molar-refractivity contribution is 0.208. The lowest BCUT2D eigenvalue weighted by atomic mass is 9.98. The number of aromatic nitrogens is 2. The van der Waals surface area contributed by atoms with Gasteiger partial charge < -0.3 is 15.3 Å². The van der Waals surface area contributed by atoms with E-state index in [1.807, 2.05) is 11.7 Å². The van der Waals surface area contributed by atoms with Crippen LogP contribution < -0.4 is 10.2 Å². The van der Waals surface area contributed by atoms with Crippen LogP contribution in [0.25, 0.3) is 0 Å². The highest BCUT2D eigenvalue weighted by molar-refractivity contribution is 5.50. The van der Waals surface area contributed by atoms with Crippen LogP contribution in [0.3, 0.4) is 0 Å². The van der Waals surface area contributed by atoms with Crippen molar-refractivity contribution >= 4 is 5.82 Å². The molecule has 3 rings (SSSR count). The van der Waals surface area contributed by atoms with E-state index in [0.29, 0.717) is 18.6 Å². The summed E-state index contributed by atoms with van der Waals surface area (Å²) in [6.07, 6.45) is 4.92. The van der Waals surface area contributed by atoms with Crippen LogP contribution in [0.5, 0.6) is 0 Å². The highest BCUT2D eigenvalue weighted by Gasteiger charge is 2.27. The minimum atomic E-state index is 0.295. The van der Waals surface area contributed by atoms with E-state index in [2.05, 4.69) is 22.2 Å². The lowest BCUT2D eigenvalue weighted by Crippen LogP contribution is -2.38. The number of nitrogens with one attached hydrogen (secondary N) is 1. The SMILES string of the molecule is Cc1nn(C)c(N2CCCC(CO)C2)c1CNC1CC1. The van der Waals surface area contributed by atoms with Crippen molar-refractivity contribution in [2.45, 2.75) is 45.2 Å². The third-order valence-electron chi connectivity index (χ3n) is 4.53. The van der Waals surface area contributed by atoms with E-state index in [0.717, 1.165) is 38.2 Å². The first-order valence-corrected chi connectivity index (χ1v) is 7.80. The first-order chi connectivity index (χ1) is 9.69. The van der Waals surface area contributed by atoms with Gasteiger partial charge in [-0.3, -0.25) is 4.68 Å². The zero-order valence-corrected chi connectivity index (χ0v) is 12.6. The quantitative estimate of drug-likeness (QED) is 0.849. The Kier molecular flexibility index (Phi) is 3.98. The van der Waals surface area contributed by atoms with Gasteiger partial charge in [-0.2, -0.15) is 5.10 Å². The summed E-state index contributed by atoms with van der Waals surface area (Å²) in [5.74, 6) is 1.65. The van der Waals surface area contributed by atoms with Crippen molar-refractivity contribution in [1.29, 1.82) is 0 Å². The first kappa shape index (κ1) is 13.9. The highest BCUT2D eigenvalue weighted by Crippen LogP contribution is 2.29. The van der Waals surface area contributed by atoms with Crippen LogP contribution in [0.2, 0.25) is 0 Å². The van der Waals surface area contributed by atoms with Crippen molar-refractivity contribution in [3.8, 4) is 0 Å². The number of aliphatic hydroxyl groups is 1. The van der Waals surface area contributed by atoms with Gasteiger partial charge in [-0.1, -0.05) is 0 Å². The maximum Gasteiger partial charge on any atom is 0.131 e. The Hall–Kier alpha value is -1.07. The minimum absolute atomic E-state index is 0.295. The van der Waals surface area contributed by atoms with Crippen LogP contribution in [0.4, 0.5) is 5.82 Å². The Balaban J connectivity index is 1.79. The number of nitrogens with zero attached hydrogens (tertiary/aromatic N) is 3. The Labute approximate surface area is 121 Å². The van der Waals surface area contributed by atoms with E-state index in [4.69, 9.17) is 0 Å². The second-order valence-electron chi connectivity index (χ2n) is 6.30. The zero-order valence-electron chi connectivity index (χ0n) is 12.6. The third kappa shape index (κ3) is 2.83. The number of aryl methyl sites for hydroxylation is 2. The molecule has 0 spiro atoms. The molecule has 2 aliphatic rings. The summed E-state index contributed by atoms with van der Waals surface area (Å²) in [7, 11) is 2.03. The van der Waals surface area contributed by atoms with E-state index in [9.17, 15) is 5.11 Å². The maximum absolute atomic E-state index is 9.42. The summed E-state index contributed by atoms with van der Waals surface area (Å²) < 4.78 is 2.01. The van der Waals surface area contributed by atoms with E-state index in [1.54, 1.807) is 0 Å². The molecule has 112 valence electrons. The van der Waals surface area contributed by atoms with E-state index < -0.39 is 0 Å². The van der Waals surface area contributed by atoms with Crippen LogP contribution >= 0.6 is 0 Å². The van der Waals surface area contributed by atoms with Gasteiger partial charge in [0.2, 0.25) is 0 Å². The number of hydrogen-bond donors (Lipinski definition) is 2. The van der Waals surface area contributed by atoms with Crippen LogP contribution in [-0.4, -0.2) is 40.6 Å². The third-order valence-corrected chi connectivity index (χ3v) is 4.53. The van der Waals surface area contributed by atoms with Crippen molar-refractivity contribution in [2.24, 2.45) is 13.0 Å². The second kappa shape index (κ2) is 5.74. The molecule has 2 fully saturated rings. The van der Waals surface area contributed by atoms with Gasteiger partial charge >= 0.3 is 0 Å². The standard InChI is InChI=1S/C15H26N4O/c1-11-14(8-16-13-5-6-13)15(18(2)17-11)19-7-3-4-12(9-19)10-20/h12-13,16,20H,3-10H2,1-2H3. The molecule has 1 aliphatic carbocycles. The summed E-state index contributed by atoms with van der Waals surface area (Å²) in [6, 6.07) is 0.717. The van der Waals surface area contributed by atoms with Gasteiger partial charge in [-0.05, 0) is 38.5 Å². The van der Waals surface area contributed by atoms with Gasteiger partial charge in [0.15, 0.2) is 0 Å². The van der Waals surface area contributed by atoms with E-state index in [1.165, 1.54) is 24.2 Å². The molecule has 1 aromatic heterocycles. The van der Waals surface area contributed by atoms with Crippen molar-refractivity contribution in [3.05, 3.63) is 11.3 Å². The van der Waals surface area contributed by atoms with E-state index in [-0.39, 0.29) is 0 Å². The topological polar surface area (TPSA) is 53.3 Å². The van der Waals surface area contributed by atoms with Crippen molar-refractivity contribution < 1.29 is 5.11 Å². The van der Waals surface area contributed by atoms with Crippen LogP contribution in [0.15, 0.2) is 0 Å². The maximum atomic E-state index is 9.42. The van der Waals surface area contributed by atoms with Gasteiger partial charge in [0.25, 0.3) is 0 Å². The molecule has 2 N–H and O–H groups in total. The van der Waals surface area contributed by atoms with Crippen LogP contribution in [0.1, 0.15) is 36.9 Å². The zero-order chi connectivity index (χ0) is 14.1. The molecule has 1 saturated heterocycles. The van der Waals surface area contributed by atoms with Crippen molar-refractivity contribution in [1.82, 2.24) is 15.1 Å². The Morgan fingerprint density at radius 3 is 2.85 bits per heavy atom. The van der Waals surface area contributed by atoms with Gasteiger partial charge in [-0.25, -0.2) is 0 Å². The Bertz CT molecular complexity index is 467. The van der Waals surface area contributed by atoms with Gasteiger partial charge in [-0.15, -0.1) is 0 Å². The predicted octanol–water partition coefficient (Wildman–Crippen LogP) is 1.19. The number of anilines is 1. The highest BCUT2D eigenvalue weighted by atomic mass is 16.3. The summed E-state index contributed by atoms with van der Waals surface area (Å²) in [5.41, 5.74) is 2.46. The molecule has 1 aliphatic heterocycles. The number of rotatable bonds is 5. The number of hydrogen-bond acceptors (Lipinski definition) is 4. The minimum Gasteiger partial charge on any atom is -0.396 e. The lowest BCUT2D eigenvalue weighted by Gasteiger charge is -2.34. The molecular weight excluding hydrogens is 252 g/mol. The smallest absolute Gasteiger partial charge is 0.131 e. The Morgan fingerprint density at radius 1 is 1.35 bits per heavy atom. The molecule has 1 aromatic rings. The fourth-order valence-electron chi connectivity index (χ4n) is 3.23. The van der Waals surface area contributed by atoms with Crippen LogP contribution in [0, 0.1) is 12.8 Å². The molecule has 0 amide bonds. The van der Waals surface area contributed by atoms with Gasteiger partial charge in [0.05, 0.1) is 5.69 Å². The molecule has 20 heavy (non-hydrogen) atoms. The largest absolute Gasteiger partial charge is 0.396 e. The monoisotopic (exact) mass is 278 g/mol. The summed E-state index contributed by atoms with van der Waals surface area (Å²) >= 11 is 0. The molecule has 0 bridgehead atoms. The van der Waals surface area contributed by atoms with E-state index >= 15 is 0 Å². The molecule has 2 heterocycles. The predicted molar refractivity (Wildman–Crippen MR) is 79.8 cm³/mol. The summed E-state index contributed by atoms with van der Waals surface area (Å²) in [4.78, 5) is 2.41. The van der Waals surface area contributed by atoms with Crippen molar-refractivity contribution in [3.63, 3.8) is 0 Å². The average Bonchev–Trinajstić information content (AvgIpc) is 3.22. The molecule has 1 atom stereocenters. The molecule has 1 unspecified atom stereocenters. The Morgan fingerprint density at radius 2 is 2.15 bits per heavy atom. The molecular formula is C15H26N4O. The molecule has 5 heteroatoms. The molecule has 0 aromatic carbocycles. The van der Waals surface area contributed by atoms with Gasteiger partial charge in [0.1, 0.15) is 5.82 Å². The molecule has 0 radical (unpaired) electrons. The average molecular weight is 278 g/mol. The molecule has 5 nitrogen and oxygen atoms in total. The first-order valence-electron chi connectivity index (χ1n) is 7.80. The summed E-state index contributed by atoms with van der Waals surface area (Å²) in [6.45, 7) is 5.33. The normalized spacial score (nSPS) is 23.4. The van der Waals surface area contributed by atoms with Gasteiger partial charge in [0, 0.05) is 44.9 Å². The van der Waals surface area contributed by atoms with Crippen molar-refractivity contribution in [2.75, 3.05) is 24.6 Å².